The SMILES string of the molecule is CCC[C@@]1(C)C[C@@H](C(=O)OC)N(C(=O)OC(C)(C)C)C1C#N. The second kappa shape index (κ2) is 6.55. The van der Waals surface area contributed by atoms with Crippen molar-refractivity contribution in [1.82, 2.24) is 4.90 Å². The first kappa shape index (κ1) is 18.3. The maximum Gasteiger partial charge on any atom is 0.412 e. The minimum atomic E-state index is -0.777. The van der Waals surface area contributed by atoms with Crippen LogP contribution in [0.25, 0.3) is 0 Å². The number of methoxy groups -OCH3 is 1. The van der Waals surface area contributed by atoms with Crippen molar-refractivity contribution in [3.05, 3.63) is 0 Å². The molecule has 1 rings (SSSR count). The smallest absolute Gasteiger partial charge is 0.412 e. The molecular weight excluding hydrogens is 284 g/mol. The fourth-order valence-electron chi connectivity index (χ4n) is 3.08. The topological polar surface area (TPSA) is 79.6 Å². The minimum absolute atomic E-state index is 0.408. The quantitative estimate of drug-likeness (QED) is 0.749. The zero-order valence-corrected chi connectivity index (χ0v) is 14.3. The average Bonchev–Trinajstić information content (AvgIpc) is 2.69. The lowest BCUT2D eigenvalue weighted by Crippen LogP contribution is -2.48. The number of carbonyl (C=O) groups excluding carboxylic acids is 2. The maximum absolute atomic E-state index is 12.5. The lowest BCUT2D eigenvalue weighted by Gasteiger charge is -2.32. The number of esters is 1. The van der Waals surface area contributed by atoms with Gasteiger partial charge in [-0.1, -0.05) is 20.3 Å². The Balaban J connectivity index is 3.19. The molecule has 1 saturated heterocycles. The maximum atomic E-state index is 12.5. The van der Waals surface area contributed by atoms with Crippen LogP contribution in [0.2, 0.25) is 0 Å². The van der Waals surface area contributed by atoms with Gasteiger partial charge in [-0.3, -0.25) is 4.90 Å². The summed E-state index contributed by atoms with van der Waals surface area (Å²) >= 11 is 0. The van der Waals surface area contributed by atoms with Gasteiger partial charge in [-0.05, 0) is 33.6 Å². The largest absolute Gasteiger partial charge is 0.467 e. The molecule has 0 saturated carbocycles. The Morgan fingerprint density at radius 2 is 2.00 bits per heavy atom. The van der Waals surface area contributed by atoms with Gasteiger partial charge in [-0.15, -0.1) is 0 Å². The Morgan fingerprint density at radius 3 is 2.41 bits per heavy atom. The summed E-state index contributed by atoms with van der Waals surface area (Å²) in [6, 6.07) is 0.703. The Kier molecular flexibility index (Phi) is 5.44. The zero-order chi connectivity index (χ0) is 17.1. The summed E-state index contributed by atoms with van der Waals surface area (Å²) in [4.78, 5) is 25.8. The van der Waals surface area contributed by atoms with Crippen LogP contribution in [-0.4, -0.2) is 41.8 Å². The number of nitrogens with zero attached hydrogens (tertiary/aromatic N) is 2. The number of hydrogen-bond donors (Lipinski definition) is 0. The molecule has 1 fully saturated rings. The molecule has 3 atom stereocenters. The summed E-state index contributed by atoms with van der Waals surface area (Å²) in [6.45, 7) is 9.20. The number of hydrogen-bond acceptors (Lipinski definition) is 5. The summed E-state index contributed by atoms with van der Waals surface area (Å²) in [7, 11) is 1.28. The molecule has 0 spiro atoms. The van der Waals surface area contributed by atoms with Crippen LogP contribution in [0.5, 0.6) is 0 Å². The van der Waals surface area contributed by atoms with Crippen molar-refractivity contribution < 1.29 is 19.1 Å². The highest BCUT2D eigenvalue weighted by Gasteiger charge is 2.55. The Morgan fingerprint density at radius 1 is 1.41 bits per heavy atom. The van der Waals surface area contributed by atoms with Crippen molar-refractivity contribution in [2.24, 2.45) is 5.41 Å². The molecule has 22 heavy (non-hydrogen) atoms. The number of nitriles is 1. The fraction of sp³-hybridized carbons (Fsp3) is 0.812. The van der Waals surface area contributed by atoms with Gasteiger partial charge in [-0.25, -0.2) is 9.59 Å². The molecule has 0 aromatic carbocycles. The first-order chi connectivity index (χ1) is 10.1. The van der Waals surface area contributed by atoms with Crippen LogP contribution in [-0.2, 0) is 14.3 Å². The molecule has 0 aromatic heterocycles. The summed E-state index contributed by atoms with van der Waals surface area (Å²) < 4.78 is 10.2. The molecule has 1 heterocycles. The van der Waals surface area contributed by atoms with Crippen LogP contribution in [0.1, 0.15) is 53.9 Å². The van der Waals surface area contributed by atoms with Crippen LogP contribution < -0.4 is 0 Å². The molecule has 0 aromatic rings. The van der Waals surface area contributed by atoms with Gasteiger partial charge in [0.25, 0.3) is 0 Å². The van der Waals surface area contributed by atoms with Gasteiger partial charge in [0.1, 0.15) is 17.7 Å². The van der Waals surface area contributed by atoms with Crippen molar-refractivity contribution in [1.29, 1.82) is 5.26 Å². The third-order valence-corrected chi connectivity index (χ3v) is 3.95. The molecule has 0 bridgehead atoms. The van der Waals surface area contributed by atoms with E-state index in [1.807, 2.05) is 13.8 Å². The molecule has 0 aliphatic carbocycles. The lowest BCUT2D eigenvalue weighted by atomic mass is 9.78. The third-order valence-electron chi connectivity index (χ3n) is 3.95. The van der Waals surface area contributed by atoms with Crippen LogP contribution in [0, 0.1) is 16.7 Å². The summed E-state index contributed by atoms with van der Waals surface area (Å²) in [6.07, 6.45) is 1.38. The van der Waals surface area contributed by atoms with E-state index in [0.29, 0.717) is 6.42 Å². The van der Waals surface area contributed by atoms with E-state index in [-0.39, 0.29) is 0 Å². The third kappa shape index (κ3) is 3.70. The van der Waals surface area contributed by atoms with Gasteiger partial charge >= 0.3 is 12.1 Å². The Hall–Kier alpha value is -1.77. The minimum Gasteiger partial charge on any atom is -0.467 e. The zero-order valence-electron chi connectivity index (χ0n) is 14.3. The number of likely N-dealkylation sites (tertiary alicyclic amines) is 1. The number of carbonyl (C=O) groups is 2. The van der Waals surface area contributed by atoms with E-state index in [9.17, 15) is 14.9 Å². The summed E-state index contributed by atoms with van der Waals surface area (Å²) in [5.74, 6) is -0.508. The molecule has 1 aliphatic rings. The van der Waals surface area contributed by atoms with Crippen LogP contribution >= 0.6 is 0 Å². The van der Waals surface area contributed by atoms with Crippen LogP contribution in [0.4, 0.5) is 4.79 Å². The average molecular weight is 310 g/mol. The molecule has 1 amide bonds. The standard InChI is InChI=1S/C16H26N2O4/c1-7-8-16(5)9-11(13(19)21-6)18(12(16)10-17)14(20)22-15(2,3)4/h11-12H,7-9H2,1-6H3/t11-,12?,16-/m0/s1. The van der Waals surface area contributed by atoms with E-state index in [0.717, 1.165) is 12.8 Å². The van der Waals surface area contributed by atoms with Gasteiger partial charge < -0.3 is 9.47 Å². The first-order valence-electron chi connectivity index (χ1n) is 7.58. The Bertz CT molecular complexity index is 478. The molecule has 6 nitrogen and oxygen atoms in total. The highest BCUT2D eigenvalue weighted by Crippen LogP contribution is 2.44. The van der Waals surface area contributed by atoms with Gasteiger partial charge in [0.2, 0.25) is 0 Å². The van der Waals surface area contributed by atoms with E-state index >= 15 is 0 Å². The highest BCUT2D eigenvalue weighted by molar-refractivity contribution is 5.83. The van der Waals surface area contributed by atoms with Crippen molar-refractivity contribution in [3.8, 4) is 6.07 Å². The molecule has 1 aliphatic heterocycles. The monoisotopic (exact) mass is 310 g/mol. The predicted molar refractivity (Wildman–Crippen MR) is 80.9 cm³/mol. The fourth-order valence-corrected chi connectivity index (χ4v) is 3.08. The number of amides is 1. The van der Waals surface area contributed by atoms with Crippen molar-refractivity contribution in [3.63, 3.8) is 0 Å². The molecule has 124 valence electrons. The van der Waals surface area contributed by atoms with Gasteiger partial charge in [0.05, 0.1) is 13.2 Å². The number of rotatable bonds is 3. The van der Waals surface area contributed by atoms with E-state index in [1.54, 1.807) is 20.8 Å². The second-order valence-corrected chi connectivity index (χ2v) is 7.07. The summed E-state index contributed by atoms with van der Waals surface area (Å²) in [5.41, 5.74) is -1.14. The van der Waals surface area contributed by atoms with Crippen LogP contribution in [0.15, 0.2) is 0 Å². The molecule has 1 unspecified atom stereocenters. The predicted octanol–water partition coefficient (Wildman–Crippen LogP) is 2.87. The lowest BCUT2D eigenvalue weighted by molar-refractivity contribution is -0.146. The highest BCUT2D eigenvalue weighted by atomic mass is 16.6. The van der Waals surface area contributed by atoms with Crippen molar-refractivity contribution >= 4 is 12.1 Å². The van der Waals surface area contributed by atoms with Crippen molar-refractivity contribution in [2.75, 3.05) is 7.11 Å². The van der Waals surface area contributed by atoms with E-state index in [1.165, 1.54) is 12.0 Å². The number of ether oxygens (including phenoxy) is 2. The second-order valence-electron chi connectivity index (χ2n) is 7.07. The normalized spacial score (nSPS) is 28.1. The van der Waals surface area contributed by atoms with Gasteiger partial charge in [-0.2, -0.15) is 5.26 Å². The van der Waals surface area contributed by atoms with E-state index in [2.05, 4.69) is 6.07 Å². The molecule has 0 N–H and O–H groups in total. The van der Waals surface area contributed by atoms with Crippen LogP contribution in [0.3, 0.4) is 0 Å². The molecule has 6 heteroatoms. The Labute approximate surface area is 132 Å². The first-order valence-corrected chi connectivity index (χ1v) is 7.58. The molecule has 0 radical (unpaired) electrons. The van der Waals surface area contributed by atoms with Crippen molar-refractivity contribution in [2.45, 2.75) is 71.6 Å². The van der Waals surface area contributed by atoms with E-state index < -0.39 is 35.2 Å². The van der Waals surface area contributed by atoms with E-state index in [4.69, 9.17) is 9.47 Å². The molecular formula is C16H26N2O4. The van der Waals surface area contributed by atoms with Gasteiger partial charge in [0, 0.05) is 5.41 Å². The summed E-state index contributed by atoms with van der Waals surface area (Å²) in [5, 5.41) is 9.57. The van der Waals surface area contributed by atoms with Gasteiger partial charge in [0.15, 0.2) is 0 Å².